The molecule has 2 aromatic carbocycles. The second kappa shape index (κ2) is 8.71. The van der Waals surface area contributed by atoms with Crippen molar-refractivity contribution in [3.05, 3.63) is 64.7 Å². The molecular weight excluding hydrogens is 405 g/mol. The van der Waals surface area contributed by atoms with Gasteiger partial charge in [0.05, 0.1) is 5.75 Å². The molecule has 0 aliphatic carbocycles. The van der Waals surface area contributed by atoms with Gasteiger partial charge in [0.1, 0.15) is 16.9 Å². The summed E-state index contributed by atoms with van der Waals surface area (Å²) in [4.78, 5) is 30.1. The lowest BCUT2D eigenvalue weighted by Crippen LogP contribution is -2.24. The van der Waals surface area contributed by atoms with Crippen molar-refractivity contribution >= 4 is 45.4 Å². The van der Waals surface area contributed by atoms with Crippen molar-refractivity contribution < 1.29 is 13.6 Å². The molecule has 4 rings (SSSR count). The molecule has 4 aromatic rings. The van der Waals surface area contributed by atoms with E-state index in [1.807, 2.05) is 25.1 Å². The first kappa shape index (κ1) is 20.2. The third-order valence-electron chi connectivity index (χ3n) is 4.62. The number of hydrogen-bond acceptors (Lipinski definition) is 5. The van der Waals surface area contributed by atoms with Gasteiger partial charge in [0, 0.05) is 17.6 Å². The van der Waals surface area contributed by atoms with Gasteiger partial charge >= 0.3 is 0 Å². The van der Waals surface area contributed by atoms with Gasteiger partial charge in [-0.25, -0.2) is 9.37 Å². The zero-order chi connectivity index (χ0) is 21.1. The lowest BCUT2D eigenvalue weighted by molar-refractivity contribution is -0.113. The summed E-state index contributed by atoms with van der Waals surface area (Å²) in [5, 5.41) is 3.88. The molecule has 0 fully saturated rings. The first-order valence-electron chi connectivity index (χ1n) is 9.67. The summed E-state index contributed by atoms with van der Waals surface area (Å²) < 4.78 is 20.6. The summed E-state index contributed by atoms with van der Waals surface area (Å²) in [6.45, 7) is 2.53. The number of para-hydroxylation sites is 1. The topological polar surface area (TPSA) is 77.1 Å². The van der Waals surface area contributed by atoms with Crippen molar-refractivity contribution in [3.63, 3.8) is 0 Å². The van der Waals surface area contributed by atoms with Crippen molar-refractivity contribution in [1.82, 2.24) is 9.55 Å². The number of halogens is 1. The number of anilines is 1. The molecule has 0 bridgehead atoms. The Morgan fingerprint density at radius 3 is 2.87 bits per heavy atom. The normalized spacial score (nSPS) is 11.3. The van der Waals surface area contributed by atoms with Crippen LogP contribution in [0.25, 0.3) is 22.1 Å². The van der Waals surface area contributed by atoms with E-state index in [1.165, 1.54) is 30.0 Å². The highest BCUT2D eigenvalue weighted by Gasteiger charge is 2.18. The largest absolute Gasteiger partial charge is 0.448 e. The number of aromatic nitrogens is 2. The molecule has 0 atom stereocenters. The summed E-state index contributed by atoms with van der Waals surface area (Å²) in [7, 11) is 0. The summed E-state index contributed by atoms with van der Waals surface area (Å²) in [6, 6.07) is 13.1. The molecule has 0 spiro atoms. The number of nitrogens with one attached hydrogen (secondary N) is 1. The molecule has 0 aliphatic rings. The van der Waals surface area contributed by atoms with Crippen molar-refractivity contribution in [2.24, 2.45) is 0 Å². The first-order chi connectivity index (χ1) is 14.6. The molecule has 30 heavy (non-hydrogen) atoms. The molecule has 1 N–H and O–H groups in total. The second-order valence-corrected chi connectivity index (χ2v) is 7.77. The van der Waals surface area contributed by atoms with Crippen LogP contribution in [0.15, 0.2) is 62.9 Å². The third kappa shape index (κ3) is 4.09. The molecule has 0 radical (unpaired) electrons. The summed E-state index contributed by atoms with van der Waals surface area (Å²) in [5.74, 6) is -0.692. The van der Waals surface area contributed by atoms with Crippen LogP contribution in [0, 0.1) is 5.82 Å². The predicted octanol–water partition coefficient (Wildman–Crippen LogP) is 4.81. The van der Waals surface area contributed by atoms with E-state index in [4.69, 9.17) is 4.42 Å². The maximum Gasteiger partial charge on any atom is 0.297 e. The molecule has 0 unspecified atom stereocenters. The van der Waals surface area contributed by atoms with E-state index in [0.717, 1.165) is 18.2 Å². The van der Waals surface area contributed by atoms with E-state index in [-0.39, 0.29) is 22.8 Å². The fourth-order valence-corrected chi connectivity index (χ4v) is 3.99. The SMILES string of the molecule is CCCCn1c(SCC(=O)Nc2cccc(F)c2)nc2c(oc3ccccc32)c1=O. The molecule has 0 saturated carbocycles. The number of benzene rings is 2. The quantitative estimate of drug-likeness (QED) is 0.340. The number of fused-ring (bicyclic) bond motifs is 3. The van der Waals surface area contributed by atoms with Crippen LogP contribution in [0.3, 0.4) is 0 Å². The molecule has 6 nitrogen and oxygen atoms in total. The van der Waals surface area contributed by atoms with E-state index < -0.39 is 5.82 Å². The van der Waals surface area contributed by atoms with Crippen molar-refractivity contribution in [2.45, 2.75) is 31.5 Å². The summed E-state index contributed by atoms with van der Waals surface area (Å²) in [6.07, 6.45) is 1.71. The van der Waals surface area contributed by atoms with Gasteiger partial charge in [0.2, 0.25) is 11.5 Å². The van der Waals surface area contributed by atoms with Gasteiger partial charge in [-0.2, -0.15) is 0 Å². The number of carbonyl (C=O) groups excluding carboxylic acids is 1. The Hall–Kier alpha value is -3.13. The second-order valence-electron chi connectivity index (χ2n) is 6.83. The van der Waals surface area contributed by atoms with Crippen LogP contribution in [0.5, 0.6) is 0 Å². The predicted molar refractivity (Wildman–Crippen MR) is 116 cm³/mol. The number of amides is 1. The van der Waals surface area contributed by atoms with Crippen molar-refractivity contribution in [3.8, 4) is 0 Å². The van der Waals surface area contributed by atoms with E-state index in [1.54, 1.807) is 16.7 Å². The maximum atomic E-state index is 13.3. The zero-order valence-corrected chi connectivity index (χ0v) is 17.2. The molecule has 154 valence electrons. The van der Waals surface area contributed by atoms with Crippen LogP contribution in [0.4, 0.5) is 10.1 Å². The van der Waals surface area contributed by atoms with E-state index >= 15 is 0 Å². The molecule has 0 saturated heterocycles. The molecular formula is C22H20FN3O3S. The van der Waals surface area contributed by atoms with Crippen LogP contribution in [0.1, 0.15) is 19.8 Å². The molecule has 2 heterocycles. The van der Waals surface area contributed by atoms with Gasteiger partial charge in [0.15, 0.2) is 5.16 Å². The Morgan fingerprint density at radius 2 is 2.07 bits per heavy atom. The van der Waals surface area contributed by atoms with Gasteiger partial charge in [-0.15, -0.1) is 0 Å². The average molecular weight is 425 g/mol. The van der Waals surface area contributed by atoms with Crippen LogP contribution >= 0.6 is 11.8 Å². The highest BCUT2D eigenvalue weighted by Crippen LogP contribution is 2.27. The maximum absolute atomic E-state index is 13.3. The van der Waals surface area contributed by atoms with Gasteiger partial charge in [0.25, 0.3) is 5.56 Å². The van der Waals surface area contributed by atoms with Gasteiger partial charge in [-0.05, 0) is 36.8 Å². The lowest BCUT2D eigenvalue weighted by atomic mass is 10.2. The molecule has 1 amide bonds. The highest BCUT2D eigenvalue weighted by molar-refractivity contribution is 7.99. The summed E-state index contributed by atoms with van der Waals surface area (Å²) in [5.41, 5.74) is 1.45. The minimum Gasteiger partial charge on any atom is -0.448 e. The van der Waals surface area contributed by atoms with Crippen LogP contribution in [-0.4, -0.2) is 21.2 Å². The van der Waals surface area contributed by atoms with Crippen molar-refractivity contribution in [2.75, 3.05) is 11.1 Å². The number of furan rings is 1. The Balaban J connectivity index is 1.65. The average Bonchev–Trinajstić information content (AvgIpc) is 3.11. The minimum atomic E-state index is -0.423. The zero-order valence-electron chi connectivity index (χ0n) is 16.4. The Labute approximate surface area is 176 Å². The van der Waals surface area contributed by atoms with Crippen LogP contribution in [0.2, 0.25) is 0 Å². The fourth-order valence-electron chi connectivity index (χ4n) is 3.17. The first-order valence-corrected chi connectivity index (χ1v) is 10.7. The van der Waals surface area contributed by atoms with Crippen LogP contribution in [-0.2, 0) is 11.3 Å². The number of nitrogens with zero attached hydrogens (tertiary/aromatic N) is 2. The standard InChI is InChI=1S/C22H20FN3O3S/c1-2-3-11-26-21(28)20-19(16-9-4-5-10-17(16)29-20)25-22(26)30-13-18(27)24-15-8-6-7-14(23)12-15/h4-10,12H,2-3,11,13H2,1H3,(H,24,27). The van der Waals surface area contributed by atoms with E-state index in [2.05, 4.69) is 10.3 Å². The minimum absolute atomic E-state index is 0.0381. The monoisotopic (exact) mass is 425 g/mol. The smallest absolute Gasteiger partial charge is 0.297 e. The summed E-state index contributed by atoms with van der Waals surface area (Å²) >= 11 is 1.17. The Morgan fingerprint density at radius 1 is 1.23 bits per heavy atom. The Bertz CT molecular complexity index is 1280. The van der Waals surface area contributed by atoms with E-state index in [0.29, 0.717) is 28.5 Å². The molecule has 8 heteroatoms. The highest BCUT2D eigenvalue weighted by atomic mass is 32.2. The number of thioether (sulfide) groups is 1. The fraction of sp³-hybridized carbons (Fsp3) is 0.227. The van der Waals surface area contributed by atoms with Crippen LogP contribution < -0.4 is 10.9 Å². The number of unbranched alkanes of at least 4 members (excludes halogenated alkanes) is 1. The van der Waals surface area contributed by atoms with Crippen molar-refractivity contribution in [1.29, 1.82) is 0 Å². The van der Waals surface area contributed by atoms with Gasteiger partial charge in [-0.3, -0.25) is 14.2 Å². The lowest BCUT2D eigenvalue weighted by Gasteiger charge is -2.11. The Kier molecular flexibility index (Phi) is 5.85. The molecule has 0 aliphatic heterocycles. The molecule has 2 aromatic heterocycles. The van der Waals surface area contributed by atoms with E-state index in [9.17, 15) is 14.0 Å². The number of carbonyl (C=O) groups is 1. The van der Waals surface area contributed by atoms with Gasteiger partial charge in [-0.1, -0.05) is 43.3 Å². The van der Waals surface area contributed by atoms with Gasteiger partial charge < -0.3 is 9.73 Å². The number of hydrogen-bond donors (Lipinski definition) is 1. The third-order valence-corrected chi connectivity index (χ3v) is 5.60. The number of rotatable bonds is 7.